The van der Waals surface area contributed by atoms with E-state index in [4.69, 9.17) is 0 Å². The summed E-state index contributed by atoms with van der Waals surface area (Å²) in [4.78, 5) is 17.8. The maximum absolute atomic E-state index is 12.6. The SMILES string of the molecule is CN(C[C@H]1CCCN1CCc1ccccc1)[C@@H](CNC(=O)Nc1ccccc1)CC1CCCCC1. The molecular formula is C30H44N4O. The van der Waals surface area contributed by atoms with Crippen LogP contribution in [0.2, 0.25) is 0 Å². The molecule has 5 nitrogen and oxygen atoms in total. The van der Waals surface area contributed by atoms with E-state index in [-0.39, 0.29) is 6.03 Å². The lowest BCUT2D eigenvalue weighted by Gasteiger charge is -2.36. The number of hydrogen-bond acceptors (Lipinski definition) is 3. The van der Waals surface area contributed by atoms with Gasteiger partial charge >= 0.3 is 6.03 Å². The summed E-state index contributed by atoms with van der Waals surface area (Å²) >= 11 is 0. The fraction of sp³-hybridized carbons (Fsp3) is 0.567. The number of carbonyl (C=O) groups is 1. The van der Waals surface area contributed by atoms with Crippen LogP contribution in [0.3, 0.4) is 0 Å². The molecule has 5 heteroatoms. The van der Waals surface area contributed by atoms with Gasteiger partial charge in [0.15, 0.2) is 0 Å². The van der Waals surface area contributed by atoms with Gasteiger partial charge in [-0.05, 0) is 62.9 Å². The van der Waals surface area contributed by atoms with E-state index in [1.807, 2.05) is 30.3 Å². The first-order valence-electron chi connectivity index (χ1n) is 13.8. The normalized spacial score (nSPS) is 20.1. The second kappa shape index (κ2) is 13.6. The van der Waals surface area contributed by atoms with Crippen LogP contribution in [0, 0.1) is 5.92 Å². The molecule has 2 atom stereocenters. The Balaban J connectivity index is 1.31. The zero-order valence-electron chi connectivity index (χ0n) is 21.5. The molecule has 0 unspecified atom stereocenters. The van der Waals surface area contributed by atoms with Crippen molar-refractivity contribution in [1.29, 1.82) is 0 Å². The Morgan fingerprint density at radius 1 is 0.971 bits per heavy atom. The summed E-state index contributed by atoms with van der Waals surface area (Å²) in [6.07, 6.45) is 11.6. The summed E-state index contributed by atoms with van der Waals surface area (Å²) in [6, 6.07) is 21.4. The van der Waals surface area contributed by atoms with Crippen molar-refractivity contribution in [2.45, 2.75) is 69.9 Å². The topological polar surface area (TPSA) is 47.6 Å². The molecule has 2 N–H and O–H groups in total. The van der Waals surface area contributed by atoms with Gasteiger partial charge in [0.25, 0.3) is 0 Å². The number of rotatable bonds is 11. The summed E-state index contributed by atoms with van der Waals surface area (Å²) in [5, 5.41) is 6.15. The number of anilines is 1. The van der Waals surface area contributed by atoms with Gasteiger partial charge < -0.3 is 15.5 Å². The number of likely N-dealkylation sites (tertiary alicyclic amines) is 1. The Hall–Kier alpha value is -2.37. The van der Waals surface area contributed by atoms with Crippen LogP contribution < -0.4 is 10.6 Å². The number of carbonyl (C=O) groups excluding carboxylic acids is 1. The average Bonchev–Trinajstić information content (AvgIpc) is 3.33. The molecule has 1 aliphatic carbocycles. The Bertz CT molecular complexity index is 868. The van der Waals surface area contributed by atoms with E-state index in [1.165, 1.54) is 63.5 Å². The molecule has 2 fully saturated rings. The van der Waals surface area contributed by atoms with Gasteiger partial charge in [-0.15, -0.1) is 0 Å². The highest BCUT2D eigenvalue weighted by Crippen LogP contribution is 2.29. The molecular weight excluding hydrogens is 432 g/mol. The number of likely N-dealkylation sites (N-methyl/N-ethyl adjacent to an activating group) is 1. The lowest BCUT2D eigenvalue weighted by atomic mass is 9.84. The van der Waals surface area contributed by atoms with Gasteiger partial charge in [-0.25, -0.2) is 4.79 Å². The van der Waals surface area contributed by atoms with Gasteiger partial charge in [-0.2, -0.15) is 0 Å². The smallest absolute Gasteiger partial charge is 0.319 e. The van der Waals surface area contributed by atoms with Crippen LogP contribution in [-0.4, -0.2) is 61.1 Å². The van der Waals surface area contributed by atoms with E-state index in [9.17, 15) is 4.79 Å². The van der Waals surface area contributed by atoms with E-state index < -0.39 is 0 Å². The minimum Gasteiger partial charge on any atom is -0.336 e. The first-order valence-corrected chi connectivity index (χ1v) is 13.8. The largest absolute Gasteiger partial charge is 0.336 e. The third kappa shape index (κ3) is 8.36. The number of urea groups is 1. The predicted octanol–water partition coefficient (Wildman–Crippen LogP) is 5.79. The van der Waals surface area contributed by atoms with Crippen LogP contribution in [0.4, 0.5) is 10.5 Å². The van der Waals surface area contributed by atoms with Crippen LogP contribution in [0.1, 0.15) is 56.9 Å². The van der Waals surface area contributed by atoms with Crippen LogP contribution in [0.25, 0.3) is 0 Å². The molecule has 1 saturated heterocycles. The number of nitrogens with zero attached hydrogens (tertiary/aromatic N) is 2. The Labute approximate surface area is 212 Å². The van der Waals surface area contributed by atoms with E-state index >= 15 is 0 Å². The lowest BCUT2D eigenvalue weighted by molar-refractivity contribution is 0.136. The molecule has 2 aromatic carbocycles. The monoisotopic (exact) mass is 476 g/mol. The van der Waals surface area contributed by atoms with Crippen LogP contribution in [0.5, 0.6) is 0 Å². The summed E-state index contributed by atoms with van der Waals surface area (Å²) in [7, 11) is 2.28. The summed E-state index contributed by atoms with van der Waals surface area (Å²) in [6.45, 7) is 4.11. The molecule has 1 saturated carbocycles. The molecule has 2 aromatic rings. The highest BCUT2D eigenvalue weighted by molar-refractivity contribution is 5.89. The maximum Gasteiger partial charge on any atom is 0.319 e. The molecule has 2 amide bonds. The number of amides is 2. The number of hydrogen-bond donors (Lipinski definition) is 2. The van der Waals surface area contributed by atoms with Crippen LogP contribution in [-0.2, 0) is 6.42 Å². The highest BCUT2D eigenvalue weighted by Gasteiger charge is 2.29. The summed E-state index contributed by atoms with van der Waals surface area (Å²) in [5.41, 5.74) is 2.26. The molecule has 35 heavy (non-hydrogen) atoms. The quantitative estimate of drug-likeness (QED) is 0.432. The van der Waals surface area contributed by atoms with Crippen LogP contribution >= 0.6 is 0 Å². The van der Waals surface area contributed by atoms with Gasteiger partial charge in [0, 0.05) is 37.4 Å². The number of nitrogens with one attached hydrogen (secondary N) is 2. The maximum atomic E-state index is 12.6. The zero-order chi connectivity index (χ0) is 24.3. The highest BCUT2D eigenvalue weighted by atomic mass is 16.2. The minimum absolute atomic E-state index is 0.108. The molecule has 190 valence electrons. The minimum atomic E-state index is -0.108. The molecule has 0 spiro atoms. The van der Waals surface area contributed by atoms with Crippen molar-refractivity contribution in [3.63, 3.8) is 0 Å². The van der Waals surface area contributed by atoms with Crippen molar-refractivity contribution in [2.75, 3.05) is 38.5 Å². The summed E-state index contributed by atoms with van der Waals surface area (Å²) < 4.78 is 0. The third-order valence-electron chi connectivity index (χ3n) is 8.01. The lowest BCUT2D eigenvalue weighted by Crippen LogP contribution is -2.48. The second-order valence-electron chi connectivity index (χ2n) is 10.6. The second-order valence-corrected chi connectivity index (χ2v) is 10.6. The zero-order valence-corrected chi connectivity index (χ0v) is 21.5. The van der Waals surface area contributed by atoms with Crippen LogP contribution in [0.15, 0.2) is 60.7 Å². The van der Waals surface area contributed by atoms with Crippen molar-refractivity contribution in [2.24, 2.45) is 5.92 Å². The van der Waals surface area contributed by atoms with Gasteiger partial charge in [0.05, 0.1) is 0 Å². The van der Waals surface area contributed by atoms with Gasteiger partial charge in [0.1, 0.15) is 0 Å². The van der Waals surface area contributed by atoms with Gasteiger partial charge in [-0.1, -0.05) is 80.6 Å². The number of para-hydroxylation sites is 1. The van der Waals surface area contributed by atoms with E-state index in [0.29, 0.717) is 18.6 Å². The third-order valence-corrected chi connectivity index (χ3v) is 8.01. The Morgan fingerprint density at radius 2 is 1.69 bits per heavy atom. The molecule has 4 rings (SSSR count). The fourth-order valence-electron chi connectivity index (χ4n) is 5.93. The Kier molecular flexibility index (Phi) is 10.0. The molecule has 0 radical (unpaired) electrons. The molecule has 1 aliphatic heterocycles. The van der Waals surface area contributed by atoms with E-state index in [1.54, 1.807) is 0 Å². The Morgan fingerprint density at radius 3 is 2.43 bits per heavy atom. The molecule has 1 heterocycles. The standard InChI is InChI=1S/C30H44N4O/c1-33(24-28-18-11-20-34(28)21-19-25-12-5-2-6-13-25)29(22-26-14-7-3-8-15-26)23-31-30(35)32-27-16-9-4-10-17-27/h2,4-6,9-10,12-13,16-17,26,28-29H,3,7-8,11,14-15,18-24H2,1H3,(H2,31,32,35)/t28-,29-/m1/s1. The van der Waals surface area contributed by atoms with Crippen molar-refractivity contribution < 1.29 is 4.79 Å². The van der Waals surface area contributed by atoms with Crippen molar-refractivity contribution >= 4 is 11.7 Å². The average molecular weight is 477 g/mol. The van der Waals surface area contributed by atoms with Crippen molar-refractivity contribution in [3.8, 4) is 0 Å². The number of benzene rings is 2. The van der Waals surface area contributed by atoms with E-state index in [2.05, 4.69) is 57.8 Å². The predicted molar refractivity (Wildman–Crippen MR) is 146 cm³/mol. The van der Waals surface area contributed by atoms with E-state index in [0.717, 1.165) is 31.1 Å². The fourth-order valence-corrected chi connectivity index (χ4v) is 5.93. The molecule has 0 aromatic heterocycles. The van der Waals surface area contributed by atoms with Gasteiger partial charge in [-0.3, -0.25) is 4.90 Å². The molecule has 2 aliphatic rings. The first kappa shape index (κ1) is 25.7. The van der Waals surface area contributed by atoms with Gasteiger partial charge in [0.2, 0.25) is 0 Å². The van der Waals surface area contributed by atoms with Crippen molar-refractivity contribution in [3.05, 3.63) is 66.2 Å². The summed E-state index contributed by atoms with van der Waals surface area (Å²) in [5.74, 6) is 0.785. The molecule has 0 bridgehead atoms. The van der Waals surface area contributed by atoms with Crippen molar-refractivity contribution in [1.82, 2.24) is 15.1 Å². The first-order chi connectivity index (χ1) is 17.2.